The molecule has 0 bridgehead atoms. The highest BCUT2D eigenvalue weighted by molar-refractivity contribution is 5.99. The number of carboxylic acids is 2. The number of carboxylic acid groups (broad SMARTS) is 2. The number of pyridine rings is 1. The SMILES string of the molecule is CCc1cc(OC(C)C)c(F)c(C(Nc2ccc3c(N)nccc3c2)c2nc(-c3ccccc3C(N)=O)c[nH]2)c1.O=C(O)C(F)(F)F.O=C(O)C(F)(F)F. The Kier molecular flexibility index (Phi) is 13.5. The van der Waals surface area contributed by atoms with Crippen molar-refractivity contribution in [2.45, 2.75) is 51.7 Å². The molecular weight excluding hydrogens is 733 g/mol. The highest BCUT2D eigenvalue weighted by Gasteiger charge is 2.39. The molecule has 5 aromatic rings. The molecule has 19 heteroatoms. The number of aromatic amines is 1. The van der Waals surface area contributed by atoms with Crippen molar-refractivity contribution < 1.29 is 60.1 Å². The van der Waals surface area contributed by atoms with E-state index in [-0.39, 0.29) is 11.9 Å². The van der Waals surface area contributed by atoms with E-state index in [0.29, 0.717) is 40.4 Å². The molecule has 0 spiro atoms. The second-order valence-corrected chi connectivity index (χ2v) is 11.4. The molecule has 1 amide bonds. The maximum absolute atomic E-state index is 16.1. The summed E-state index contributed by atoms with van der Waals surface area (Å²) in [6.45, 7) is 5.72. The standard InChI is InChI=1S/C31H31FN6O2.2C2HF3O2/c1-4-18-13-24(27(32)26(14-18)40-17(2)3)28(37-20-9-10-21-19(15-20)11-12-35-29(21)33)31-36-16-25(38-31)22-7-5-6-8-23(22)30(34)39;2*3-2(4,5)1(6)7/h5-17,28,37H,4H2,1-3H3,(H2,33,35)(H2,34,39)(H,36,38);2*(H,6,7). The molecule has 0 fully saturated rings. The van der Waals surface area contributed by atoms with E-state index in [9.17, 15) is 31.1 Å². The molecule has 288 valence electrons. The first-order chi connectivity index (χ1) is 25.1. The van der Waals surface area contributed by atoms with E-state index in [1.807, 2.05) is 51.1 Å². The Morgan fingerprint density at radius 1 is 0.944 bits per heavy atom. The van der Waals surface area contributed by atoms with Crippen molar-refractivity contribution in [3.8, 4) is 17.0 Å². The van der Waals surface area contributed by atoms with Crippen molar-refractivity contribution in [1.82, 2.24) is 15.0 Å². The van der Waals surface area contributed by atoms with Gasteiger partial charge in [-0.1, -0.05) is 31.2 Å². The fourth-order valence-corrected chi connectivity index (χ4v) is 4.73. The molecule has 1 atom stereocenters. The van der Waals surface area contributed by atoms with Gasteiger partial charge in [-0.15, -0.1) is 0 Å². The van der Waals surface area contributed by atoms with Gasteiger partial charge in [0.1, 0.15) is 17.7 Å². The van der Waals surface area contributed by atoms with Crippen LogP contribution in [0, 0.1) is 5.82 Å². The van der Waals surface area contributed by atoms with Crippen LogP contribution >= 0.6 is 0 Å². The van der Waals surface area contributed by atoms with Crippen LogP contribution in [0.4, 0.5) is 42.2 Å². The van der Waals surface area contributed by atoms with Crippen LogP contribution in [-0.2, 0) is 16.0 Å². The number of benzene rings is 3. The fraction of sp³-hybridized carbons (Fsp3) is 0.229. The van der Waals surface area contributed by atoms with E-state index in [2.05, 4.69) is 15.3 Å². The van der Waals surface area contributed by atoms with Gasteiger partial charge in [0.2, 0.25) is 5.91 Å². The van der Waals surface area contributed by atoms with Crippen LogP contribution in [0.3, 0.4) is 0 Å². The number of imidazole rings is 1. The summed E-state index contributed by atoms with van der Waals surface area (Å²) in [6, 6.07) is 17.3. The smallest absolute Gasteiger partial charge is 0.488 e. The first kappa shape index (κ1) is 42.0. The molecule has 5 rings (SSSR count). The van der Waals surface area contributed by atoms with Gasteiger partial charge in [-0.3, -0.25) is 4.79 Å². The highest BCUT2D eigenvalue weighted by atomic mass is 19.4. The number of hydrogen-bond donors (Lipinski definition) is 6. The molecule has 54 heavy (non-hydrogen) atoms. The highest BCUT2D eigenvalue weighted by Crippen LogP contribution is 2.35. The zero-order valence-corrected chi connectivity index (χ0v) is 28.5. The number of hydrogen-bond acceptors (Lipinski definition) is 8. The van der Waals surface area contributed by atoms with Gasteiger partial charge in [-0.05, 0) is 67.6 Å². The average molecular weight is 767 g/mol. The Morgan fingerprint density at radius 3 is 2.11 bits per heavy atom. The fourth-order valence-electron chi connectivity index (χ4n) is 4.73. The number of aryl methyl sites for hydroxylation is 1. The van der Waals surface area contributed by atoms with Crippen LogP contribution in [0.15, 0.2) is 73.1 Å². The number of halogens is 7. The molecule has 0 aliphatic rings. The van der Waals surface area contributed by atoms with E-state index < -0.39 is 42.1 Å². The molecular formula is C35H33F7N6O6. The van der Waals surface area contributed by atoms with E-state index in [1.54, 1.807) is 42.7 Å². The minimum Gasteiger partial charge on any atom is -0.488 e. The summed E-state index contributed by atoms with van der Waals surface area (Å²) < 4.78 is 85.4. The number of fused-ring (bicyclic) bond motifs is 1. The number of aromatic nitrogens is 3. The number of H-pyrrole nitrogens is 1. The van der Waals surface area contributed by atoms with E-state index in [4.69, 9.17) is 41.0 Å². The topological polar surface area (TPSA) is 207 Å². The Hall–Kier alpha value is -6.40. The van der Waals surface area contributed by atoms with Gasteiger partial charge < -0.3 is 36.7 Å². The maximum atomic E-state index is 16.1. The first-order valence-electron chi connectivity index (χ1n) is 15.6. The lowest BCUT2D eigenvalue weighted by molar-refractivity contribution is -0.193. The van der Waals surface area contributed by atoms with Crippen molar-refractivity contribution in [2.24, 2.45) is 5.73 Å². The number of nitrogen functional groups attached to an aromatic ring is 1. The Morgan fingerprint density at radius 2 is 1.56 bits per heavy atom. The lowest BCUT2D eigenvalue weighted by Crippen LogP contribution is -2.21. The largest absolute Gasteiger partial charge is 0.490 e. The number of rotatable bonds is 9. The number of nitrogens with one attached hydrogen (secondary N) is 2. The average Bonchev–Trinajstić information content (AvgIpc) is 3.58. The molecule has 1 unspecified atom stereocenters. The minimum absolute atomic E-state index is 0.180. The lowest BCUT2D eigenvalue weighted by Gasteiger charge is -2.22. The zero-order valence-electron chi connectivity index (χ0n) is 28.5. The molecule has 2 aromatic heterocycles. The van der Waals surface area contributed by atoms with Crippen molar-refractivity contribution in [2.75, 3.05) is 11.1 Å². The van der Waals surface area contributed by atoms with Crippen molar-refractivity contribution in [3.05, 3.63) is 101 Å². The Labute approximate surface area is 302 Å². The second kappa shape index (κ2) is 17.4. The van der Waals surface area contributed by atoms with Crippen molar-refractivity contribution >= 4 is 40.1 Å². The molecule has 0 aliphatic carbocycles. The summed E-state index contributed by atoms with van der Waals surface area (Å²) in [6.07, 6.45) is -6.35. The van der Waals surface area contributed by atoms with E-state index in [0.717, 1.165) is 22.0 Å². The third-order valence-electron chi connectivity index (χ3n) is 7.14. The third kappa shape index (κ3) is 11.1. The summed E-state index contributed by atoms with van der Waals surface area (Å²) >= 11 is 0. The number of carbonyl (C=O) groups excluding carboxylic acids is 1. The maximum Gasteiger partial charge on any atom is 0.490 e. The summed E-state index contributed by atoms with van der Waals surface area (Å²) in [7, 11) is 0. The molecule has 0 radical (unpaired) electrons. The summed E-state index contributed by atoms with van der Waals surface area (Å²) in [4.78, 5) is 42.0. The van der Waals surface area contributed by atoms with Crippen LogP contribution < -0.4 is 21.5 Å². The number of primary amides is 1. The van der Waals surface area contributed by atoms with Crippen LogP contribution in [0.25, 0.3) is 22.0 Å². The van der Waals surface area contributed by atoms with Crippen molar-refractivity contribution in [3.63, 3.8) is 0 Å². The summed E-state index contributed by atoms with van der Waals surface area (Å²) in [5, 5.41) is 19.4. The Bertz CT molecular complexity index is 2090. The second-order valence-electron chi connectivity index (χ2n) is 11.4. The predicted molar refractivity (Wildman–Crippen MR) is 183 cm³/mol. The number of amides is 1. The predicted octanol–water partition coefficient (Wildman–Crippen LogP) is 7.26. The summed E-state index contributed by atoms with van der Waals surface area (Å²) in [5.41, 5.74) is 15.1. The van der Waals surface area contributed by atoms with Gasteiger partial charge in [-0.2, -0.15) is 26.3 Å². The quantitative estimate of drug-likeness (QED) is 0.0828. The summed E-state index contributed by atoms with van der Waals surface area (Å²) in [5.74, 6) is -5.49. The number of ether oxygens (including phenoxy) is 1. The van der Waals surface area contributed by atoms with E-state index >= 15 is 4.39 Å². The minimum atomic E-state index is -5.08. The molecule has 0 aliphatic heterocycles. The number of aliphatic carboxylic acids is 2. The van der Waals surface area contributed by atoms with Gasteiger partial charge in [0.25, 0.3) is 0 Å². The van der Waals surface area contributed by atoms with Gasteiger partial charge in [-0.25, -0.2) is 23.9 Å². The van der Waals surface area contributed by atoms with Crippen LogP contribution in [-0.4, -0.2) is 61.5 Å². The molecule has 12 nitrogen and oxygen atoms in total. The molecule has 8 N–H and O–H groups in total. The number of carbonyl (C=O) groups is 3. The van der Waals surface area contributed by atoms with Gasteiger partial charge >= 0.3 is 24.3 Å². The number of alkyl halides is 6. The van der Waals surface area contributed by atoms with E-state index in [1.165, 1.54) is 0 Å². The van der Waals surface area contributed by atoms with Crippen LogP contribution in [0.5, 0.6) is 5.75 Å². The van der Waals surface area contributed by atoms with Crippen LogP contribution in [0.2, 0.25) is 0 Å². The first-order valence-corrected chi connectivity index (χ1v) is 15.6. The lowest BCUT2D eigenvalue weighted by atomic mass is 9.99. The number of nitrogens with two attached hydrogens (primary N) is 2. The normalized spacial score (nSPS) is 11.8. The molecule has 0 saturated carbocycles. The van der Waals surface area contributed by atoms with Crippen molar-refractivity contribution in [1.29, 1.82) is 0 Å². The number of nitrogens with zero attached hydrogens (tertiary/aromatic N) is 2. The number of anilines is 2. The zero-order chi connectivity index (χ0) is 40.5. The Balaban J connectivity index is 0.000000476. The monoisotopic (exact) mass is 766 g/mol. The molecule has 3 aromatic carbocycles. The van der Waals surface area contributed by atoms with Gasteiger partial charge in [0.15, 0.2) is 11.6 Å². The third-order valence-corrected chi connectivity index (χ3v) is 7.14. The van der Waals surface area contributed by atoms with Gasteiger partial charge in [0.05, 0.1) is 11.8 Å². The molecule has 0 saturated heterocycles. The van der Waals surface area contributed by atoms with Gasteiger partial charge in [0, 0.05) is 40.2 Å². The molecule has 2 heterocycles. The van der Waals surface area contributed by atoms with Crippen LogP contribution in [0.1, 0.15) is 54.1 Å².